The Balaban J connectivity index is 1.44. The highest BCUT2D eigenvalue weighted by molar-refractivity contribution is 6.06. The van der Waals surface area contributed by atoms with Gasteiger partial charge in [-0.05, 0) is 31.6 Å². The molecule has 5 heteroatoms. The summed E-state index contributed by atoms with van der Waals surface area (Å²) in [6.07, 6.45) is 3.90. The van der Waals surface area contributed by atoms with Gasteiger partial charge in [-0.25, -0.2) is 0 Å². The second-order valence-electron chi connectivity index (χ2n) is 6.63. The van der Waals surface area contributed by atoms with Crippen LogP contribution in [0.5, 0.6) is 0 Å². The summed E-state index contributed by atoms with van der Waals surface area (Å²) in [6.45, 7) is 3.49. The molecule has 5 nitrogen and oxygen atoms in total. The Kier molecular flexibility index (Phi) is 2.89. The molecule has 0 aliphatic carbocycles. The van der Waals surface area contributed by atoms with Gasteiger partial charge < -0.3 is 9.47 Å². The molecule has 4 fully saturated rings. The van der Waals surface area contributed by atoms with Crippen molar-refractivity contribution in [3.05, 3.63) is 0 Å². The molecule has 0 radical (unpaired) electrons. The minimum atomic E-state index is -0.192. The largest absolute Gasteiger partial charge is 0.378 e. The SMILES string of the molecule is C[C@@H]1CCO[C@@H]1CCN1C(=O)[C@@H]2[C@H](C1=O)[C@H]1CC[C@@H]2O1. The molecule has 0 saturated carbocycles. The van der Waals surface area contributed by atoms with Crippen molar-refractivity contribution >= 4 is 11.8 Å². The van der Waals surface area contributed by atoms with E-state index in [4.69, 9.17) is 9.47 Å². The molecule has 4 aliphatic heterocycles. The van der Waals surface area contributed by atoms with Gasteiger partial charge in [0.1, 0.15) is 0 Å². The van der Waals surface area contributed by atoms with Crippen molar-refractivity contribution in [3.63, 3.8) is 0 Å². The molecule has 20 heavy (non-hydrogen) atoms. The van der Waals surface area contributed by atoms with Crippen molar-refractivity contribution in [1.29, 1.82) is 0 Å². The molecule has 0 aromatic rings. The summed E-state index contributed by atoms with van der Waals surface area (Å²) in [5.74, 6) is 0.142. The fraction of sp³-hybridized carbons (Fsp3) is 0.867. The van der Waals surface area contributed by atoms with Crippen LogP contribution in [0, 0.1) is 17.8 Å². The summed E-state index contributed by atoms with van der Waals surface area (Å²) in [5, 5.41) is 0. The molecule has 0 N–H and O–H groups in total. The molecule has 0 unspecified atom stereocenters. The number of nitrogens with zero attached hydrogens (tertiary/aromatic N) is 1. The third-order valence-corrected chi connectivity index (χ3v) is 5.55. The van der Waals surface area contributed by atoms with Gasteiger partial charge in [-0.2, -0.15) is 0 Å². The predicted molar refractivity (Wildman–Crippen MR) is 69.7 cm³/mol. The first-order chi connectivity index (χ1) is 9.66. The van der Waals surface area contributed by atoms with Gasteiger partial charge in [-0.3, -0.25) is 14.5 Å². The Labute approximate surface area is 118 Å². The van der Waals surface area contributed by atoms with Crippen LogP contribution in [0.25, 0.3) is 0 Å². The molecule has 0 aromatic carbocycles. The van der Waals surface area contributed by atoms with Crippen LogP contribution in [0.2, 0.25) is 0 Å². The van der Waals surface area contributed by atoms with Crippen molar-refractivity contribution < 1.29 is 19.1 Å². The van der Waals surface area contributed by atoms with Crippen molar-refractivity contribution in [3.8, 4) is 0 Å². The Morgan fingerprint density at radius 1 is 1.10 bits per heavy atom. The molecule has 4 aliphatic rings. The van der Waals surface area contributed by atoms with E-state index in [0.29, 0.717) is 12.5 Å². The van der Waals surface area contributed by atoms with E-state index in [2.05, 4.69) is 6.92 Å². The van der Waals surface area contributed by atoms with E-state index < -0.39 is 0 Å². The maximum atomic E-state index is 12.5. The number of imide groups is 1. The van der Waals surface area contributed by atoms with Gasteiger partial charge in [0, 0.05) is 13.2 Å². The summed E-state index contributed by atoms with van der Waals surface area (Å²) in [7, 11) is 0. The number of carbonyl (C=O) groups is 2. The lowest BCUT2D eigenvalue weighted by Crippen LogP contribution is -2.36. The van der Waals surface area contributed by atoms with Crippen molar-refractivity contribution in [1.82, 2.24) is 4.90 Å². The third kappa shape index (κ3) is 1.69. The second-order valence-corrected chi connectivity index (χ2v) is 6.63. The average Bonchev–Trinajstić information content (AvgIpc) is 3.16. The molecule has 0 spiro atoms. The number of hydrogen-bond acceptors (Lipinski definition) is 4. The second kappa shape index (κ2) is 4.53. The van der Waals surface area contributed by atoms with Gasteiger partial charge >= 0.3 is 0 Å². The van der Waals surface area contributed by atoms with Crippen LogP contribution in [0.15, 0.2) is 0 Å². The van der Waals surface area contributed by atoms with E-state index in [0.717, 1.165) is 32.3 Å². The van der Waals surface area contributed by atoms with E-state index in [1.54, 1.807) is 0 Å². The Morgan fingerprint density at radius 3 is 2.30 bits per heavy atom. The first-order valence-corrected chi connectivity index (χ1v) is 7.79. The molecule has 2 bridgehead atoms. The minimum Gasteiger partial charge on any atom is -0.378 e. The standard InChI is InChI=1S/C15H21NO4/c1-8-5-7-19-9(8)4-6-16-14(17)12-10-2-3-11(20-10)13(12)15(16)18/h8-13H,2-7H2,1H3/t8-,9-,10-,11+,12-,13+/m1/s1. The Morgan fingerprint density at radius 2 is 1.75 bits per heavy atom. The van der Waals surface area contributed by atoms with Crippen LogP contribution in [0.3, 0.4) is 0 Å². The fourth-order valence-electron chi connectivity index (χ4n) is 4.37. The van der Waals surface area contributed by atoms with Gasteiger partial charge in [-0.15, -0.1) is 0 Å². The van der Waals surface area contributed by atoms with Gasteiger partial charge in [0.2, 0.25) is 11.8 Å². The first-order valence-electron chi connectivity index (χ1n) is 7.79. The van der Waals surface area contributed by atoms with Crippen LogP contribution in [0.4, 0.5) is 0 Å². The Hall–Kier alpha value is -0.940. The van der Waals surface area contributed by atoms with Crippen LogP contribution in [-0.2, 0) is 19.1 Å². The molecule has 110 valence electrons. The molecule has 6 atom stereocenters. The van der Waals surface area contributed by atoms with Crippen LogP contribution >= 0.6 is 0 Å². The lowest BCUT2D eigenvalue weighted by Gasteiger charge is -2.21. The quantitative estimate of drug-likeness (QED) is 0.722. The minimum absolute atomic E-state index is 0.00199. The molecular weight excluding hydrogens is 258 g/mol. The first kappa shape index (κ1) is 12.8. The predicted octanol–water partition coefficient (Wildman–Crippen LogP) is 0.964. The normalized spacial score (nSPS) is 46.5. The van der Waals surface area contributed by atoms with Crippen LogP contribution < -0.4 is 0 Å². The summed E-state index contributed by atoms with van der Waals surface area (Å²) in [6, 6.07) is 0. The molecule has 4 saturated heterocycles. The van der Waals surface area contributed by atoms with Crippen LogP contribution in [-0.4, -0.2) is 48.2 Å². The number of fused-ring (bicyclic) bond motifs is 5. The molecule has 4 heterocycles. The van der Waals surface area contributed by atoms with Gasteiger partial charge in [0.05, 0.1) is 30.1 Å². The zero-order chi connectivity index (χ0) is 13.9. The van der Waals surface area contributed by atoms with Crippen molar-refractivity contribution in [2.75, 3.05) is 13.2 Å². The van der Waals surface area contributed by atoms with Gasteiger partial charge in [-0.1, -0.05) is 6.92 Å². The summed E-state index contributed by atoms with van der Waals surface area (Å²) in [5.41, 5.74) is 0. The van der Waals surface area contributed by atoms with E-state index in [9.17, 15) is 9.59 Å². The highest BCUT2D eigenvalue weighted by Gasteiger charge is 2.62. The number of hydrogen-bond donors (Lipinski definition) is 0. The third-order valence-electron chi connectivity index (χ3n) is 5.55. The Bertz CT molecular complexity index is 423. The number of likely N-dealkylation sites (tertiary alicyclic amines) is 1. The smallest absolute Gasteiger partial charge is 0.235 e. The number of amides is 2. The van der Waals surface area contributed by atoms with E-state index >= 15 is 0 Å². The number of ether oxygens (including phenoxy) is 2. The fourth-order valence-corrected chi connectivity index (χ4v) is 4.37. The summed E-state index contributed by atoms with van der Waals surface area (Å²) >= 11 is 0. The van der Waals surface area contributed by atoms with E-state index in [1.165, 1.54) is 4.90 Å². The number of rotatable bonds is 3. The summed E-state index contributed by atoms with van der Waals surface area (Å²) < 4.78 is 11.4. The zero-order valence-electron chi connectivity index (χ0n) is 11.8. The van der Waals surface area contributed by atoms with Crippen molar-refractivity contribution in [2.24, 2.45) is 17.8 Å². The maximum Gasteiger partial charge on any atom is 0.235 e. The summed E-state index contributed by atoms with van der Waals surface area (Å²) in [4.78, 5) is 26.4. The van der Waals surface area contributed by atoms with Gasteiger partial charge in [0.25, 0.3) is 0 Å². The lowest BCUT2D eigenvalue weighted by atomic mass is 9.81. The van der Waals surface area contributed by atoms with Gasteiger partial charge in [0.15, 0.2) is 0 Å². The topological polar surface area (TPSA) is 55.8 Å². The average molecular weight is 279 g/mol. The van der Waals surface area contributed by atoms with E-state index in [-0.39, 0.29) is 42.0 Å². The maximum absolute atomic E-state index is 12.5. The number of carbonyl (C=O) groups excluding carboxylic acids is 2. The zero-order valence-corrected chi connectivity index (χ0v) is 11.8. The molecule has 4 rings (SSSR count). The molecular formula is C15H21NO4. The van der Waals surface area contributed by atoms with Crippen molar-refractivity contribution in [2.45, 2.75) is 50.9 Å². The highest BCUT2D eigenvalue weighted by Crippen LogP contribution is 2.48. The lowest BCUT2D eigenvalue weighted by molar-refractivity contribution is -0.143. The highest BCUT2D eigenvalue weighted by atomic mass is 16.5. The molecule has 2 amide bonds. The molecule has 0 aromatic heterocycles. The van der Waals surface area contributed by atoms with Crippen LogP contribution in [0.1, 0.15) is 32.6 Å². The van der Waals surface area contributed by atoms with E-state index in [1.807, 2.05) is 0 Å². The monoisotopic (exact) mass is 279 g/mol.